The number of aromatic amines is 1. The fraction of sp³-hybridized carbons (Fsp3) is 0.167. The molecule has 9 nitrogen and oxygen atoms in total. The lowest BCUT2D eigenvalue weighted by Crippen LogP contribution is -2.13. The Labute approximate surface area is 235 Å². The van der Waals surface area contributed by atoms with Crippen LogP contribution in [0.15, 0.2) is 79.0 Å². The molecule has 40 heavy (non-hydrogen) atoms. The summed E-state index contributed by atoms with van der Waals surface area (Å²) in [6, 6.07) is 24.6. The molecule has 3 aromatic heterocycles. The van der Waals surface area contributed by atoms with Gasteiger partial charge in [0.25, 0.3) is 0 Å². The molecule has 10 heteroatoms. The standard InChI is InChI=1S/C30H26ClN7O2/c1-2-3-8-26-32-28(31)27(30(39)40)38(26)18-19-9-11-20(12-10-19)24-17-22(13-14-23(24)29-33-35-36-34-29)37-16-15-21-6-4-5-7-25(21)37/h4-7,9-17H,2-3,8,18H2,1H3,(H,39,40)(H,33,34,35,36). The topological polar surface area (TPSA) is 115 Å². The number of tetrazole rings is 1. The number of rotatable bonds is 9. The maximum absolute atomic E-state index is 12.0. The Morgan fingerprint density at radius 3 is 2.60 bits per heavy atom. The van der Waals surface area contributed by atoms with E-state index in [4.69, 9.17) is 11.6 Å². The zero-order chi connectivity index (χ0) is 27.6. The van der Waals surface area contributed by atoms with Gasteiger partial charge in [-0.2, -0.15) is 5.21 Å². The lowest BCUT2D eigenvalue weighted by atomic mass is 9.97. The van der Waals surface area contributed by atoms with Crippen molar-refractivity contribution in [2.75, 3.05) is 0 Å². The van der Waals surface area contributed by atoms with Crippen molar-refractivity contribution in [3.63, 3.8) is 0 Å². The van der Waals surface area contributed by atoms with E-state index < -0.39 is 5.97 Å². The van der Waals surface area contributed by atoms with E-state index in [0.29, 0.717) is 24.6 Å². The summed E-state index contributed by atoms with van der Waals surface area (Å²) >= 11 is 6.22. The van der Waals surface area contributed by atoms with Crippen LogP contribution in [0.1, 0.15) is 41.6 Å². The highest BCUT2D eigenvalue weighted by molar-refractivity contribution is 6.32. The van der Waals surface area contributed by atoms with Crippen LogP contribution in [0.3, 0.4) is 0 Å². The molecular formula is C30H26ClN7O2. The number of para-hydroxylation sites is 1. The minimum absolute atomic E-state index is 0.0166. The van der Waals surface area contributed by atoms with E-state index in [0.717, 1.165) is 51.7 Å². The predicted octanol–water partition coefficient (Wildman–Crippen LogP) is 6.42. The van der Waals surface area contributed by atoms with Gasteiger partial charge in [0.2, 0.25) is 5.82 Å². The van der Waals surface area contributed by atoms with E-state index in [2.05, 4.69) is 67.6 Å². The first-order valence-corrected chi connectivity index (χ1v) is 13.4. The van der Waals surface area contributed by atoms with E-state index in [9.17, 15) is 9.90 Å². The van der Waals surface area contributed by atoms with Crippen LogP contribution in [-0.2, 0) is 13.0 Å². The van der Waals surface area contributed by atoms with E-state index in [1.807, 2.05) is 48.5 Å². The van der Waals surface area contributed by atoms with Gasteiger partial charge in [0.05, 0.1) is 5.52 Å². The minimum atomic E-state index is -1.09. The second-order valence-electron chi connectivity index (χ2n) is 9.57. The van der Waals surface area contributed by atoms with Crippen LogP contribution >= 0.6 is 11.6 Å². The van der Waals surface area contributed by atoms with E-state index >= 15 is 0 Å². The molecule has 0 aliphatic rings. The number of hydrogen-bond acceptors (Lipinski definition) is 5. The number of carboxylic acid groups (broad SMARTS) is 1. The first kappa shape index (κ1) is 25.5. The molecule has 0 aliphatic carbocycles. The first-order valence-electron chi connectivity index (χ1n) is 13.1. The van der Waals surface area contributed by atoms with Gasteiger partial charge in [0.1, 0.15) is 5.82 Å². The number of nitrogens with one attached hydrogen (secondary N) is 1. The van der Waals surface area contributed by atoms with Gasteiger partial charge in [-0.25, -0.2) is 9.78 Å². The predicted molar refractivity (Wildman–Crippen MR) is 154 cm³/mol. The Balaban J connectivity index is 1.39. The van der Waals surface area contributed by atoms with Crippen molar-refractivity contribution in [2.45, 2.75) is 32.7 Å². The molecule has 0 unspecified atom stereocenters. The summed E-state index contributed by atoms with van der Waals surface area (Å²) < 4.78 is 3.86. The summed E-state index contributed by atoms with van der Waals surface area (Å²) in [7, 11) is 0. The van der Waals surface area contributed by atoms with Gasteiger partial charge in [0, 0.05) is 30.4 Å². The molecule has 0 saturated heterocycles. The number of carboxylic acids is 1. The van der Waals surface area contributed by atoms with E-state index in [1.165, 1.54) is 0 Å². The van der Waals surface area contributed by atoms with Gasteiger partial charge >= 0.3 is 5.97 Å². The van der Waals surface area contributed by atoms with Crippen molar-refractivity contribution >= 4 is 28.5 Å². The summed E-state index contributed by atoms with van der Waals surface area (Å²) in [6.45, 7) is 2.44. The van der Waals surface area contributed by atoms with Crippen LogP contribution < -0.4 is 0 Å². The van der Waals surface area contributed by atoms with Gasteiger partial charge in [-0.05, 0) is 64.0 Å². The highest BCUT2D eigenvalue weighted by Crippen LogP contribution is 2.33. The number of fused-ring (bicyclic) bond motifs is 1. The second kappa shape index (κ2) is 10.8. The minimum Gasteiger partial charge on any atom is -0.476 e. The molecule has 6 aromatic rings. The monoisotopic (exact) mass is 551 g/mol. The molecule has 6 rings (SSSR count). The Kier molecular flexibility index (Phi) is 6.88. The fourth-order valence-corrected chi connectivity index (χ4v) is 5.32. The maximum Gasteiger partial charge on any atom is 0.355 e. The summed E-state index contributed by atoms with van der Waals surface area (Å²) in [5.41, 5.74) is 5.84. The normalized spacial score (nSPS) is 11.3. The summed E-state index contributed by atoms with van der Waals surface area (Å²) in [5, 5.41) is 25.7. The zero-order valence-corrected chi connectivity index (χ0v) is 22.5. The molecule has 0 amide bonds. The molecule has 0 spiro atoms. The number of aryl methyl sites for hydroxylation is 1. The van der Waals surface area contributed by atoms with Crippen molar-refractivity contribution in [2.24, 2.45) is 0 Å². The lowest BCUT2D eigenvalue weighted by Gasteiger charge is -2.14. The number of hydrogen-bond donors (Lipinski definition) is 2. The van der Waals surface area contributed by atoms with Gasteiger partial charge in [-0.3, -0.25) is 0 Å². The largest absolute Gasteiger partial charge is 0.476 e. The van der Waals surface area contributed by atoms with Crippen LogP contribution in [0.2, 0.25) is 5.15 Å². The van der Waals surface area contributed by atoms with Crippen LogP contribution in [0, 0.1) is 0 Å². The fourth-order valence-electron chi connectivity index (χ4n) is 5.04. The molecule has 0 atom stereocenters. The van der Waals surface area contributed by atoms with Crippen LogP contribution in [0.5, 0.6) is 0 Å². The molecule has 3 heterocycles. The van der Waals surface area contributed by atoms with Gasteiger partial charge in [0.15, 0.2) is 10.8 Å². The number of unbranched alkanes of at least 4 members (excludes halogenated alkanes) is 1. The highest BCUT2D eigenvalue weighted by atomic mass is 35.5. The number of carbonyl (C=O) groups is 1. The highest BCUT2D eigenvalue weighted by Gasteiger charge is 2.21. The smallest absolute Gasteiger partial charge is 0.355 e. The Bertz CT molecular complexity index is 1800. The van der Waals surface area contributed by atoms with E-state index in [1.54, 1.807) is 4.57 Å². The Morgan fingerprint density at radius 1 is 1.02 bits per heavy atom. The van der Waals surface area contributed by atoms with Crippen molar-refractivity contribution in [3.8, 4) is 28.2 Å². The average molecular weight is 552 g/mol. The molecule has 0 aliphatic heterocycles. The summed E-state index contributed by atoms with van der Waals surface area (Å²) in [4.78, 5) is 16.3. The number of imidazole rings is 1. The number of nitrogens with zero attached hydrogens (tertiary/aromatic N) is 6. The van der Waals surface area contributed by atoms with Gasteiger partial charge in [-0.1, -0.05) is 67.4 Å². The number of benzene rings is 3. The quantitative estimate of drug-likeness (QED) is 0.214. The van der Waals surface area contributed by atoms with Crippen molar-refractivity contribution in [1.82, 2.24) is 34.7 Å². The third-order valence-corrected chi connectivity index (χ3v) is 7.30. The molecule has 0 saturated carbocycles. The Hall–Kier alpha value is -4.76. The van der Waals surface area contributed by atoms with Crippen LogP contribution in [0.4, 0.5) is 0 Å². The number of H-pyrrole nitrogens is 1. The summed E-state index contributed by atoms with van der Waals surface area (Å²) in [5.74, 6) is 0.0954. The molecular weight excluding hydrogens is 526 g/mol. The number of halogens is 1. The number of aromatic carboxylic acids is 1. The summed E-state index contributed by atoms with van der Waals surface area (Å²) in [6.07, 6.45) is 4.60. The molecule has 2 N–H and O–H groups in total. The van der Waals surface area contributed by atoms with Gasteiger partial charge in [-0.15, -0.1) is 10.2 Å². The Morgan fingerprint density at radius 2 is 1.85 bits per heavy atom. The van der Waals surface area contributed by atoms with E-state index in [-0.39, 0.29) is 10.8 Å². The zero-order valence-electron chi connectivity index (χ0n) is 21.8. The van der Waals surface area contributed by atoms with Crippen molar-refractivity contribution < 1.29 is 9.90 Å². The molecule has 3 aromatic carbocycles. The lowest BCUT2D eigenvalue weighted by molar-refractivity contribution is 0.0685. The molecule has 0 bridgehead atoms. The maximum atomic E-state index is 12.0. The van der Waals surface area contributed by atoms with Gasteiger partial charge < -0.3 is 14.2 Å². The third-order valence-electron chi connectivity index (χ3n) is 7.03. The number of aromatic nitrogens is 7. The molecule has 0 radical (unpaired) electrons. The SMILES string of the molecule is CCCCc1nc(Cl)c(C(=O)O)n1Cc1ccc(-c2cc(-n3ccc4ccccc43)ccc2-c2nn[nH]n2)cc1. The third kappa shape index (κ3) is 4.76. The first-order chi connectivity index (χ1) is 19.5. The molecule has 200 valence electrons. The van der Waals surface area contributed by atoms with Crippen LogP contribution in [-0.4, -0.2) is 45.8 Å². The average Bonchev–Trinajstić information content (AvgIpc) is 3.71. The van der Waals surface area contributed by atoms with Crippen LogP contribution in [0.25, 0.3) is 39.1 Å². The second-order valence-corrected chi connectivity index (χ2v) is 9.93. The molecule has 0 fully saturated rings. The van der Waals surface area contributed by atoms with Crippen molar-refractivity contribution in [1.29, 1.82) is 0 Å². The van der Waals surface area contributed by atoms with Crippen molar-refractivity contribution in [3.05, 3.63) is 101 Å².